The van der Waals surface area contributed by atoms with E-state index in [-0.39, 0.29) is 12.4 Å². The molecule has 11 heteroatoms. The van der Waals surface area contributed by atoms with Crippen molar-refractivity contribution in [2.24, 2.45) is 0 Å². The minimum Gasteiger partial charge on any atom is -0.394 e. The lowest BCUT2D eigenvalue weighted by Crippen LogP contribution is -2.32. The molecule has 1 aliphatic rings. The van der Waals surface area contributed by atoms with Crippen LogP contribution in [0.1, 0.15) is 17.4 Å². The predicted molar refractivity (Wildman–Crippen MR) is 78.2 cm³/mol. The summed E-state index contributed by atoms with van der Waals surface area (Å²) in [7, 11) is 0. The van der Waals surface area contributed by atoms with Gasteiger partial charge in [-0.05, 0) is 6.92 Å². The molecule has 0 amide bonds. The molecular weight excluding hydrogens is 322 g/mol. The maximum absolute atomic E-state index is 11.8. The van der Waals surface area contributed by atoms with Crippen molar-refractivity contribution in [3.8, 4) is 0 Å². The van der Waals surface area contributed by atoms with E-state index in [0.717, 1.165) is 0 Å². The smallest absolute Gasteiger partial charge is 0.329 e. The molecule has 130 valence electrons. The first-order valence-electron chi connectivity index (χ1n) is 7.23. The molecule has 0 aliphatic carbocycles. The summed E-state index contributed by atoms with van der Waals surface area (Å²) < 4.78 is 7.93. The molecule has 0 saturated carbocycles. The van der Waals surface area contributed by atoms with E-state index < -0.39 is 42.3 Å². The largest absolute Gasteiger partial charge is 0.394 e. The third kappa shape index (κ3) is 2.89. The van der Waals surface area contributed by atoms with Crippen LogP contribution in [0.3, 0.4) is 0 Å². The van der Waals surface area contributed by atoms with Crippen LogP contribution in [-0.2, 0) is 11.4 Å². The van der Waals surface area contributed by atoms with Crippen LogP contribution in [0.4, 0.5) is 0 Å². The lowest BCUT2D eigenvalue weighted by molar-refractivity contribution is -0.0239. The fourth-order valence-corrected chi connectivity index (χ4v) is 2.54. The van der Waals surface area contributed by atoms with Crippen molar-refractivity contribution >= 4 is 0 Å². The van der Waals surface area contributed by atoms with Gasteiger partial charge in [0, 0.05) is 11.8 Å². The summed E-state index contributed by atoms with van der Waals surface area (Å²) in [5.74, 6) is 0. The number of nitrogens with zero attached hydrogens (tertiary/aromatic N) is 4. The molecule has 2 aromatic heterocycles. The van der Waals surface area contributed by atoms with Gasteiger partial charge < -0.3 is 20.1 Å². The molecule has 2 aromatic rings. The summed E-state index contributed by atoms with van der Waals surface area (Å²) >= 11 is 0. The van der Waals surface area contributed by atoms with E-state index in [0.29, 0.717) is 5.56 Å². The second kappa shape index (κ2) is 6.28. The monoisotopic (exact) mass is 339 g/mol. The number of aromatic amines is 1. The van der Waals surface area contributed by atoms with Crippen molar-refractivity contribution in [1.29, 1.82) is 0 Å². The van der Waals surface area contributed by atoms with Crippen LogP contribution < -0.4 is 11.2 Å². The second-order valence-corrected chi connectivity index (χ2v) is 5.62. The Morgan fingerprint density at radius 1 is 1.29 bits per heavy atom. The topological polar surface area (TPSA) is 155 Å². The first-order chi connectivity index (χ1) is 11.4. The van der Waals surface area contributed by atoms with Gasteiger partial charge in [0.25, 0.3) is 5.56 Å². The van der Waals surface area contributed by atoms with E-state index in [9.17, 15) is 19.8 Å². The Morgan fingerprint density at radius 2 is 2.04 bits per heavy atom. The van der Waals surface area contributed by atoms with Crippen LogP contribution in [0.15, 0.2) is 22.0 Å². The number of ether oxygens (including phenoxy) is 1. The number of hydrogen-bond donors (Lipinski definition) is 4. The maximum Gasteiger partial charge on any atom is 0.329 e. The van der Waals surface area contributed by atoms with Crippen LogP contribution in [0.5, 0.6) is 0 Å². The highest BCUT2D eigenvalue weighted by molar-refractivity contribution is 5.07. The highest BCUT2D eigenvalue weighted by Gasteiger charge is 2.44. The fourth-order valence-electron chi connectivity index (χ4n) is 2.54. The number of aryl methyl sites for hydroxylation is 1. The van der Waals surface area contributed by atoms with Gasteiger partial charge >= 0.3 is 5.69 Å². The van der Waals surface area contributed by atoms with Crippen LogP contribution >= 0.6 is 0 Å². The summed E-state index contributed by atoms with van der Waals surface area (Å²) in [6.45, 7) is 1.13. The first kappa shape index (κ1) is 16.5. The van der Waals surface area contributed by atoms with Gasteiger partial charge in [-0.2, -0.15) is 0 Å². The van der Waals surface area contributed by atoms with Crippen LogP contribution in [0, 0.1) is 6.92 Å². The predicted octanol–water partition coefficient (Wildman–Crippen LogP) is -2.90. The van der Waals surface area contributed by atoms with Crippen molar-refractivity contribution in [2.75, 3.05) is 6.61 Å². The quantitative estimate of drug-likeness (QED) is 0.462. The Bertz CT molecular complexity index is 842. The maximum atomic E-state index is 11.8. The van der Waals surface area contributed by atoms with Crippen molar-refractivity contribution in [3.05, 3.63) is 44.5 Å². The van der Waals surface area contributed by atoms with Crippen LogP contribution in [-0.4, -0.2) is 64.8 Å². The SMILES string of the molecule is Cc1cn(Cn2cc([C@@H]3O[C@H](CO)[C@@H](O)[C@H]3O)nn2)c(=O)[nH]c1=O. The van der Waals surface area contributed by atoms with Gasteiger partial charge in [0.1, 0.15) is 36.8 Å². The highest BCUT2D eigenvalue weighted by Crippen LogP contribution is 2.32. The Hall–Kier alpha value is -2.34. The molecule has 24 heavy (non-hydrogen) atoms. The third-order valence-corrected chi connectivity index (χ3v) is 3.88. The molecule has 1 aliphatic heterocycles. The van der Waals surface area contributed by atoms with E-state index in [1.54, 1.807) is 6.92 Å². The normalized spacial score (nSPS) is 26.8. The summed E-state index contributed by atoms with van der Waals surface area (Å²) in [5, 5.41) is 36.5. The summed E-state index contributed by atoms with van der Waals surface area (Å²) in [6, 6.07) is 0. The zero-order chi connectivity index (χ0) is 17.4. The summed E-state index contributed by atoms with van der Waals surface area (Å²) in [5.41, 5.74) is -0.414. The lowest BCUT2D eigenvalue weighted by Gasteiger charge is -2.11. The number of rotatable bonds is 4. The summed E-state index contributed by atoms with van der Waals surface area (Å²) in [6.07, 6.45) is -1.46. The zero-order valence-electron chi connectivity index (χ0n) is 12.7. The molecule has 4 N–H and O–H groups in total. The Morgan fingerprint density at radius 3 is 2.71 bits per heavy atom. The number of H-pyrrole nitrogens is 1. The number of aliphatic hydroxyl groups is 3. The van der Waals surface area contributed by atoms with Gasteiger partial charge in [-0.25, -0.2) is 9.48 Å². The van der Waals surface area contributed by atoms with Gasteiger partial charge in [-0.3, -0.25) is 14.3 Å². The van der Waals surface area contributed by atoms with Gasteiger partial charge in [0.05, 0.1) is 12.8 Å². The van der Waals surface area contributed by atoms with Gasteiger partial charge in [-0.15, -0.1) is 5.10 Å². The standard InChI is InChI=1S/C13H17N5O6/c1-6-2-17(13(23)14-12(6)22)5-18-3-7(15-16-18)11-10(21)9(20)8(4-19)24-11/h2-3,8-11,19-21H,4-5H2,1H3,(H,14,22,23)/t8-,9-,10-,11+/m1/s1. The van der Waals surface area contributed by atoms with Crippen molar-refractivity contribution in [3.63, 3.8) is 0 Å². The van der Waals surface area contributed by atoms with Crippen LogP contribution in [0.25, 0.3) is 0 Å². The molecule has 3 rings (SSSR count). The van der Waals surface area contributed by atoms with Crippen molar-refractivity contribution in [2.45, 2.75) is 38.0 Å². The number of nitrogens with one attached hydrogen (secondary N) is 1. The molecule has 0 spiro atoms. The Labute approximate surface area is 134 Å². The number of aliphatic hydroxyl groups excluding tert-OH is 3. The summed E-state index contributed by atoms with van der Waals surface area (Å²) in [4.78, 5) is 25.3. The molecule has 3 heterocycles. The molecular formula is C13H17N5O6. The van der Waals surface area contributed by atoms with E-state index in [4.69, 9.17) is 9.84 Å². The van der Waals surface area contributed by atoms with E-state index >= 15 is 0 Å². The van der Waals surface area contributed by atoms with Crippen LogP contribution in [0.2, 0.25) is 0 Å². The average Bonchev–Trinajstić information content (AvgIpc) is 3.11. The van der Waals surface area contributed by atoms with E-state index in [1.165, 1.54) is 21.6 Å². The van der Waals surface area contributed by atoms with E-state index in [2.05, 4.69) is 15.3 Å². The average molecular weight is 339 g/mol. The Balaban J connectivity index is 1.81. The molecule has 0 bridgehead atoms. The minimum absolute atomic E-state index is 0.00174. The molecule has 0 aromatic carbocycles. The van der Waals surface area contributed by atoms with Gasteiger partial charge in [0.2, 0.25) is 0 Å². The fraction of sp³-hybridized carbons (Fsp3) is 0.538. The first-order valence-corrected chi connectivity index (χ1v) is 7.23. The zero-order valence-corrected chi connectivity index (χ0v) is 12.7. The molecule has 4 atom stereocenters. The van der Waals surface area contributed by atoms with Crippen molar-refractivity contribution in [1.82, 2.24) is 24.5 Å². The highest BCUT2D eigenvalue weighted by atomic mass is 16.6. The van der Waals surface area contributed by atoms with Crippen molar-refractivity contribution < 1.29 is 20.1 Å². The molecule has 11 nitrogen and oxygen atoms in total. The van der Waals surface area contributed by atoms with Gasteiger partial charge in [-0.1, -0.05) is 5.21 Å². The molecule has 0 radical (unpaired) electrons. The third-order valence-electron chi connectivity index (χ3n) is 3.88. The van der Waals surface area contributed by atoms with Gasteiger partial charge in [0.15, 0.2) is 0 Å². The molecule has 1 saturated heterocycles. The lowest BCUT2D eigenvalue weighted by atomic mass is 10.1. The number of hydrogen-bond acceptors (Lipinski definition) is 8. The minimum atomic E-state index is -1.25. The number of aromatic nitrogens is 5. The molecule has 0 unspecified atom stereocenters. The van der Waals surface area contributed by atoms with E-state index in [1.807, 2.05) is 0 Å². The second-order valence-electron chi connectivity index (χ2n) is 5.62. The Kier molecular flexibility index (Phi) is 4.32. The molecule has 1 fully saturated rings.